The van der Waals surface area contributed by atoms with E-state index in [1.165, 1.54) is 5.01 Å². The van der Waals surface area contributed by atoms with Crippen LogP contribution in [0.25, 0.3) is 10.9 Å². The molecule has 0 spiro atoms. The van der Waals surface area contributed by atoms with Gasteiger partial charge < -0.3 is 5.11 Å². The number of aryl methyl sites for hydroxylation is 1. The van der Waals surface area contributed by atoms with E-state index >= 15 is 0 Å². The molecule has 0 saturated heterocycles. The summed E-state index contributed by atoms with van der Waals surface area (Å²) in [7, 11) is 0. The summed E-state index contributed by atoms with van der Waals surface area (Å²) in [6.07, 6.45) is 0.0634. The maximum absolute atomic E-state index is 12.9. The molecule has 6 nitrogen and oxygen atoms in total. The maximum atomic E-state index is 12.9. The largest absolute Gasteiger partial charge is 0.481 e. The topological polar surface area (TPSA) is 82.9 Å². The fourth-order valence-electron chi connectivity index (χ4n) is 3.70. The Morgan fingerprint density at radius 1 is 1.19 bits per heavy atom. The first-order valence-electron chi connectivity index (χ1n) is 9.76. The molecule has 0 radical (unpaired) electrons. The van der Waals surface area contributed by atoms with Crippen LogP contribution in [-0.4, -0.2) is 32.7 Å². The summed E-state index contributed by atoms with van der Waals surface area (Å²) in [5.41, 5.74) is 4.15. The highest BCUT2D eigenvalue weighted by molar-refractivity contribution is 9.10. The number of pyridine rings is 1. The standard InChI is InChI=1S/C23H19BrClN3O3/c1-13-3-2-4-15-11-17(23(25)26-22(13)15)19-12-18(14-5-7-16(24)8-6-14)27-28(19)20(29)9-10-21(30)31/h2-8,11,19H,9-10,12H2,1H3,(H,30,31). The summed E-state index contributed by atoms with van der Waals surface area (Å²) in [5.74, 6) is -1.39. The summed E-state index contributed by atoms with van der Waals surface area (Å²) in [5, 5.41) is 16.2. The van der Waals surface area contributed by atoms with Crippen LogP contribution < -0.4 is 0 Å². The Bertz CT molecular complexity index is 1210. The predicted octanol–water partition coefficient (Wildman–Crippen LogP) is 5.50. The Kier molecular flexibility index (Phi) is 6.07. The van der Waals surface area contributed by atoms with E-state index in [2.05, 4.69) is 26.0 Å². The lowest BCUT2D eigenvalue weighted by Crippen LogP contribution is -2.27. The Morgan fingerprint density at radius 3 is 2.65 bits per heavy atom. The molecule has 31 heavy (non-hydrogen) atoms. The van der Waals surface area contributed by atoms with E-state index in [-0.39, 0.29) is 18.7 Å². The molecule has 0 bridgehead atoms. The number of nitrogens with zero attached hydrogens (tertiary/aromatic N) is 3. The highest BCUT2D eigenvalue weighted by Gasteiger charge is 2.35. The van der Waals surface area contributed by atoms with E-state index in [1.807, 2.05) is 55.5 Å². The van der Waals surface area contributed by atoms with Gasteiger partial charge in [0.1, 0.15) is 5.15 Å². The fourth-order valence-corrected chi connectivity index (χ4v) is 4.23. The molecular formula is C23H19BrClN3O3. The van der Waals surface area contributed by atoms with Crippen LogP contribution in [0.1, 0.15) is 42.0 Å². The van der Waals surface area contributed by atoms with Crippen LogP contribution in [-0.2, 0) is 9.59 Å². The number of hydrogen-bond donors (Lipinski definition) is 1. The molecule has 158 valence electrons. The number of amides is 1. The first-order chi connectivity index (χ1) is 14.8. The Morgan fingerprint density at radius 2 is 1.94 bits per heavy atom. The van der Waals surface area contributed by atoms with E-state index in [0.717, 1.165) is 32.2 Å². The Balaban J connectivity index is 1.75. The Labute approximate surface area is 192 Å². The maximum Gasteiger partial charge on any atom is 0.303 e. The zero-order valence-electron chi connectivity index (χ0n) is 16.7. The Hall–Kier alpha value is -2.77. The molecule has 1 amide bonds. The number of carboxylic acids is 1. The predicted molar refractivity (Wildman–Crippen MR) is 123 cm³/mol. The van der Waals surface area contributed by atoms with E-state index in [9.17, 15) is 9.59 Å². The highest BCUT2D eigenvalue weighted by atomic mass is 79.9. The lowest BCUT2D eigenvalue weighted by atomic mass is 9.98. The number of fused-ring (bicyclic) bond motifs is 1. The molecule has 0 aliphatic carbocycles. The van der Waals surface area contributed by atoms with Gasteiger partial charge in [0.2, 0.25) is 5.91 Å². The molecule has 1 N–H and O–H groups in total. The summed E-state index contributed by atoms with van der Waals surface area (Å²) in [6, 6.07) is 15.0. The van der Waals surface area contributed by atoms with Crippen molar-refractivity contribution in [2.24, 2.45) is 5.10 Å². The van der Waals surface area contributed by atoms with Gasteiger partial charge in [-0.2, -0.15) is 5.10 Å². The van der Waals surface area contributed by atoms with Crippen LogP contribution in [0.2, 0.25) is 5.15 Å². The van der Waals surface area contributed by atoms with Crippen LogP contribution in [0.15, 0.2) is 58.1 Å². The van der Waals surface area contributed by atoms with Crippen molar-refractivity contribution >= 4 is 56.0 Å². The van der Waals surface area contributed by atoms with Gasteiger partial charge in [0.15, 0.2) is 0 Å². The molecule has 2 aromatic carbocycles. The summed E-state index contributed by atoms with van der Waals surface area (Å²) in [6.45, 7) is 1.97. The number of carboxylic acid groups (broad SMARTS) is 1. The monoisotopic (exact) mass is 499 g/mol. The second-order valence-electron chi connectivity index (χ2n) is 7.42. The van der Waals surface area contributed by atoms with Gasteiger partial charge in [-0.3, -0.25) is 9.59 Å². The number of halogens is 2. The zero-order valence-corrected chi connectivity index (χ0v) is 19.0. The van der Waals surface area contributed by atoms with E-state index in [0.29, 0.717) is 17.1 Å². The van der Waals surface area contributed by atoms with Gasteiger partial charge in [0, 0.05) is 28.3 Å². The molecule has 1 atom stereocenters. The fraction of sp³-hybridized carbons (Fsp3) is 0.217. The molecule has 3 aromatic rings. The van der Waals surface area contributed by atoms with Gasteiger partial charge in [-0.25, -0.2) is 9.99 Å². The second kappa shape index (κ2) is 8.77. The molecule has 1 aliphatic heterocycles. The quantitative estimate of drug-likeness (QED) is 0.469. The summed E-state index contributed by atoms with van der Waals surface area (Å²) >= 11 is 9.99. The first kappa shape index (κ1) is 21.5. The second-order valence-corrected chi connectivity index (χ2v) is 8.69. The van der Waals surface area contributed by atoms with Gasteiger partial charge >= 0.3 is 5.97 Å². The van der Waals surface area contributed by atoms with Gasteiger partial charge in [0.25, 0.3) is 0 Å². The van der Waals surface area contributed by atoms with Crippen molar-refractivity contribution in [2.45, 2.75) is 32.2 Å². The lowest BCUT2D eigenvalue weighted by Gasteiger charge is -2.23. The van der Waals surface area contributed by atoms with Crippen molar-refractivity contribution in [1.82, 2.24) is 9.99 Å². The highest BCUT2D eigenvalue weighted by Crippen LogP contribution is 2.38. The van der Waals surface area contributed by atoms with Gasteiger partial charge in [0.05, 0.1) is 23.7 Å². The van der Waals surface area contributed by atoms with Crippen LogP contribution in [0.3, 0.4) is 0 Å². The minimum Gasteiger partial charge on any atom is -0.481 e. The average molecular weight is 501 g/mol. The number of carbonyl (C=O) groups is 2. The molecule has 4 rings (SSSR count). The van der Waals surface area contributed by atoms with Crippen LogP contribution >= 0.6 is 27.5 Å². The number of aliphatic carboxylic acids is 1. The molecule has 0 saturated carbocycles. The SMILES string of the molecule is Cc1cccc2cc(C3CC(c4ccc(Br)cc4)=NN3C(=O)CCC(=O)O)c(Cl)nc12. The minimum absolute atomic E-state index is 0.138. The molecule has 2 heterocycles. The number of aromatic nitrogens is 1. The molecule has 8 heteroatoms. The number of hydrazone groups is 1. The minimum atomic E-state index is -1.03. The normalized spacial score (nSPS) is 15.9. The average Bonchev–Trinajstić information content (AvgIpc) is 3.18. The number of carbonyl (C=O) groups excluding carboxylic acids is 1. The van der Waals surface area contributed by atoms with Gasteiger partial charge in [-0.05, 0) is 36.2 Å². The number of benzene rings is 2. The number of rotatable bonds is 5. The van der Waals surface area contributed by atoms with Crippen LogP contribution in [0, 0.1) is 6.92 Å². The molecule has 1 aliphatic rings. The third kappa shape index (κ3) is 4.48. The third-order valence-corrected chi connectivity index (χ3v) is 6.11. The van der Waals surface area contributed by atoms with Crippen molar-refractivity contribution in [3.63, 3.8) is 0 Å². The van der Waals surface area contributed by atoms with Crippen molar-refractivity contribution in [2.75, 3.05) is 0 Å². The van der Waals surface area contributed by atoms with Gasteiger partial charge in [-0.1, -0.05) is 57.9 Å². The van der Waals surface area contributed by atoms with Crippen LogP contribution in [0.5, 0.6) is 0 Å². The smallest absolute Gasteiger partial charge is 0.303 e. The van der Waals surface area contributed by atoms with E-state index < -0.39 is 12.0 Å². The van der Waals surface area contributed by atoms with Crippen molar-refractivity contribution < 1.29 is 14.7 Å². The zero-order chi connectivity index (χ0) is 22.1. The summed E-state index contributed by atoms with van der Waals surface area (Å²) in [4.78, 5) is 28.4. The van der Waals surface area contributed by atoms with Crippen LogP contribution in [0.4, 0.5) is 0 Å². The van der Waals surface area contributed by atoms with Crippen molar-refractivity contribution in [1.29, 1.82) is 0 Å². The lowest BCUT2D eigenvalue weighted by molar-refractivity contribution is -0.141. The molecule has 0 fully saturated rings. The summed E-state index contributed by atoms with van der Waals surface area (Å²) < 4.78 is 0.943. The van der Waals surface area contributed by atoms with Gasteiger partial charge in [-0.15, -0.1) is 0 Å². The molecule has 1 aromatic heterocycles. The molecular weight excluding hydrogens is 482 g/mol. The third-order valence-electron chi connectivity index (χ3n) is 5.28. The molecule has 1 unspecified atom stereocenters. The number of para-hydroxylation sites is 1. The van der Waals surface area contributed by atoms with E-state index in [1.54, 1.807) is 0 Å². The number of hydrogen-bond acceptors (Lipinski definition) is 4. The van der Waals surface area contributed by atoms with E-state index in [4.69, 9.17) is 16.7 Å². The van der Waals surface area contributed by atoms with Crippen molar-refractivity contribution in [3.05, 3.63) is 74.8 Å². The van der Waals surface area contributed by atoms with Crippen molar-refractivity contribution in [3.8, 4) is 0 Å². The first-order valence-corrected chi connectivity index (χ1v) is 10.9.